The molecule has 0 saturated carbocycles. The van der Waals surface area contributed by atoms with E-state index in [1.165, 1.54) is 0 Å². The Hall–Kier alpha value is -4.17. The summed E-state index contributed by atoms with van der Waals surface area (Å²) in [5, 5.41) is 21.1. The molecule has 3 N–H and O–H groups in total. The Kier molecular flexibility index (Phi) is 7.42. The van der Waals surface area contributed by atoms with Crippen molar-refractivity contribution in [3.8, 4) is 11.1 Å². The summed E-state index contributed by atoms with van der Waals surface area (Å²) in [5.74, 6) is -2.02. The van der Waals surface area contributed by atoms with E-state index in [2.05, 4.69) is 5.32 Å². The van der Waals surface area contributed by atoms with Gasteiger partial charge in [0.1, 0.15) is 19.2 Å². The fraction of sp³-hybridized carbons (Fsp3) is 0.222. The van der Waals surface area contributed by atoms with Crippen molar-refractivity contribution >= 4 is 18.0 Å². The number of hydrogen-bond acceptors (Lipinski definition) is 5. The van der Waals surface area contributed by atoms with Gasteiger partial charge in [0.25, 0.3) is 5.91 Å². The van der Waals surface area contributed by atoms with Crippen LogP contribution in [0.3, 0.4) is 0 Å². The van der Waals surface area contributed by atoms with Crippen LogP contribution >= 0.6 is 0 Å². The number of carbonyl (C=O) groups is 3. The maximum atomic E-state index is 13.2. The van der Waals surface area contributed by atoms with E-state index in [-0.39, 0.29) is 19.1 Å². The monoisotopic (exact) mass is 474 g/mol. The highest BCUT2D eigenvalue weighted by Gasteiger charge is 2.31. The van der Waals surface area contributed by atoms with E-state index in [4.69, 9.17) is 4.74 Å². The minimum absolute atomic E-state index is 0.0744. The number of rotatable bonds is 9. The second kappa shape index (κ2) is 10.8. The quantitative estimate of drug-likeness (QED) is 0.439. The number of carboxylic acid groups (broad SMARTS) is 1. The van der Waals surface area contributed by atoms with Crippen LogP contribution in [0.5, 0.6) is 0 Å². The summed E-state index contributed by atoms with van der Waals surface area (Å²) in [5.41, 5.74) is 4.80. The predicted octanol–water partition coefficient (Wildman–Crippen LogP) is 3.17. The first-order chi connectivity index (χ1) is 17.0. The van der Waals surface area contributed by atoms with Gasteiger partial charge in [0.2, 0.25) is 0 Å². The lowest BCUT2D eigenvalue weighted by molar-refractivity contribution is -0.145. The minimum atomic E-state index is -1.22. The lowest BCUT2D eigenvalue weighted by Gasteiger charge is -2.26. The maximum Gasteiger partial charge on any atom is 0.408 e. The van der Waals surface area contributed by atoms with Crippen LogP contribution in [0.1, 0.15) is 28.7 Å². The molecule has 1 atom stereocenters. The van der Waals surface area contributed by atoms with Crippen molar-refractivity contribution in [1.82, 2.24) is 10.2 Å². The van der Waals surface area contributed by atoms with Crippen LogP contribution in [-0.4, -0.2) is 59.4 Å². The van der Waals surface area contributed by atoms with Gasteiger partial charge in [-0.15, -0.1) is 0 Å². The second-order valence-electron chi connectivity index (χ2n) is 8.19. The van der Waals surface area contributed by atoms with Crippen molar-refractivity contribution in [2.45, 2.75) is 12.0 Å². The zero-order chi connectivity index (χ0) is 24.8. The molecule has 3 aromatic rings. The summed E-state index contributed by atoms with van der Waals surface area (Å²) in [6, 6.07) is 23.3. The van der Waals surface area contributed by atoms with Gasteiger partial charge in [0.15, 0.2) is 0 Å². The molecule has 0 aliphatic heterocycles. The first kappa shape index (κ1) is 24.0. The molecule has 35 heavy (non-hydrogen) atoms. The molecule has 1 aliphatic carbocycles. The van der Waals surface area contributed by atoms with E-state index < -0.39 is 37.2 Å². The fourth-order valence-electron chi connectivity index (χ4n) is 4.42. The molecule has 0 heterocycles. The number of aliphatic hydroxyl groups is 1. The van der Waals surface area contributed by atoms with Crippen LogP contribution in [0.4, 0.5) is 4.79 Å². The summed E-state index contributed by atoms with van der Waals surface area (Å²) in [7, 11) is 0. The summed E-state index contributed by atoms with van der Waals surface area (Å²) in [6.07, 6.45) is -0.798. The number of carbonyl (C=O) groups excluding carboxylic acids is 2. The van der Waals surface area contributed by atoms with Crippen molar-refractivity contribution in [3.63, 3.8) is 0 Å². The number of ether oxygens (including phenoxy) is 1. The smallest absolute Gasteiger partial charge is 0.408 e. The molecule has 0 fully saturated rings. The Morgan fingerprint density at radius 1 is 0.886 bits per heavy atom. The lowest BCUT2D eigenvalue weighted by Crippen LogP contribution is -2.46. The first-order valence-corrected chi connectivity index (χ1v) is 11.3. The zero-order valence-corrected chi connectivity index (χ0v) is 19.0. The molecule has 2 amide bonds. The Morgan fingerprint density at radius 3 is 2.03 bits per heavy atom. The molecule has 4 rings (SSSR count). The molecule has 3 aromatic carbocycles. The number of benzene rings is 3. The number of aliphatic hydroxyl groups excluding tert-OH is 1. The SMILES string of the molecule is O=C(O)CN(CCO)C(=O)[C@@H](NC(=O)OCC1c2ccccc2-c2ccccc21)c1ccccc1. The Labute approximate surface area is 202 Å². The van der Waals surface area contributed by atoms with Crippen LogP contribution in [0.2, 0.25) is 0 Å². The number of fused-ring (bicyclic) bond motifs is 3. The van der Waals surface area contributed by atoms with Gasteiger partial charge in [-0.2, -0.15) is 0 Å². The van der Waals surface area contributed by atoms with Gasteiger partial charge in [-0.3, -0.25) is 9.59 Å². The highest BCUT2D eigenvalue weighted by molar-refractivity contribution is 5.89. The third-order valence-corrected chi connectivity index (χ3v) is 5.99. The van der Waals surface area contributed by atoms with Gasteiger partial charge in [-0.05, 0) is 27.8 Å². The van der Waals surface area contributed by atoms with Crippen LogP contribution in [-0.2, 0) is 14.3 Å². The number of nitrogens with zero attached hydrogens (tertiary/aromatic N) is 1. The molecule has 0 spiro atoms. The second-order valence-corrected chi connectivity index (χ2v) is 8.19. The van der Waals surface area contributed by atoms with Gasteiger partial charge < -0.3 is 25.2 Å². The van der Waals surface area contributed by atoms with E-state index in [0.717, 1.165) is 27.2 Å². The number of nitrogens with one attached hydrogen (secondary N) is 1. The van der Waals surface area contributed by atoms with E-state index in [1.807, 2.05) is 48.5 Å². The van der Waals surface area contributed by atoms with Crippen molar-refractivity contribution in [3.05, 3.63) is 95.6 Å². The van der Waals surface area contributed by atoms with Crippen LogP contribution in [0.25, 0.3) is 11.1 Å². The third-order valence-electron chi connectivity index (χ3n) is 5.99. The van der Waals surface area contributed by atoms with Gasteiger partial charge in [-0.25, -0.2) is 4.79 Å². The van der Waals surface area contributed by atoms with Crippen molar-refractivity contribution in [1.29, 1.82) is 0 Å². The van der Waals surface area contributed by atoms with Gasteiger partial charge in [0.05, 0.1) is 6.61 Å². The molecule has 8 nitrogen and oxygen atoms in total. The summed E-state index contributed by atoms with van der Waals surface area (Å²) >= 11 is 0. The van der Waals surface area contributed by atoms with Crippen molar-refractivity contribution in [2.75, 3.05) is 26.3 Å². The Morgan fingerprint density at radius 2 is 1.46 bits per heavy atom. The standard InChI is InChI=1S/C27H26N2O6/c30-15-14-29(16-24(31)32)26(33)25(18-8-2-1-3-9-18)28-27(34)35-17-23-21-12-6-4-10-19(21)20-11-5-7-13-22(20)23/h1-13,23,25,30H,14-17H2,(H,28,34)(H,31,32)/t25-/m0/s1. The van der Waals surface area contributed by atoms with Gasteiger partial charge in [0, 0.05) is 12.5 Å². The van der Waals surface area contributed by atoms with Crippen molar-refractivity contribution < 1.29 is 29.3 Å². The molecule has 0 unspecified atom stereocenters. The summed E-state index contributed by atoms with van der Waals surface area (Å²) < 4.78 is 5.58. The van der Waals surface area contributed by atoms with E-state index >= 15 is 0 Å². The predicted molar refractivity (Wildman–Crippen MR) is 129 cm³/mol. The average Bonchev–Trinajstić information content (AvgIpc) is 3.19. The highest BCUT2D eigenvalue weighted by Crippen LogP contribution is 2.44. The zero-order valence-electron chi connectivity index (χ0n) is 19.0. The summed E-state index contributed by atoms with van der Waals surface area (Å²) in [4.78, 5) is 38.2. The normalized spacial score (nSPS) is 12.8. The Balaban J connectivity index is 1.51. The van der Waals surface area contributed by atoms with E-state index in [0.29, 0.717) is 5.56 Å². The molecule has 1 aliphatic rings. The molecular formula is C27H26N2O6. The van der Waals surface area contributed by atoms with Crippen LogP contribution in [0.15, 0.2) is 78.9 Å². The Bertz CT molecular complexity index is 1170. The molecule has 0 bridgehead atoms. The van der Waals surface area contributed by atoms with Gasteiger partial charge >= 0.3 is 12.1 Å². The maximum absolute atomic E-state index is 13.2. The number of amides is 2. The molecular weight excluding hydrogens is 448 g/mol. The number of aliphatic carboxylic acids is 1. The fourth-order valence-corrected chi connectivity index (χ4v) is 4.42. The van der Waals surface area contributed by atoms with Gasteiger partial charge in [-0.1, -0.05) is 78.9 Å². The number of alkyl carbamates (subject to hydrolysis) is 1. The van der Waals surface area contributed by atoms with Crippen LogP contribution < -0.4 is 5.32 Å². The molecule has 0 aromatic heterocycles. The van der Waals surface area contributed by atoms with E-state index in [9.17, 15) is 24.6 Å². The lowest BCUT2D eigenvalue weighted by atomic mass is 9.98. The topological polar surface area (TPSA) is 116 Å². The summed E-state index contributed by atoms with van der Waals surface area (Å²) in [6.45, 7) is -1.12. The number of hydrogen-bond donors (Lipinski definition) is 3. The number of carboxylic acids is 1. The highest BCUT2D eigenvalue weighted by atomic mass is 16.5. The van der Waals surface area contributed by atoms with E-state index in [1.54, 1.807) is 30.3 Å². The third kappa shape index (κ3) is 5.33. The molecule has 0 radical (unpaired) electrons. The first-order valence-electron chi connectivity index (χ1n) is 11.3. The molecule has 0 saturated heterocycles. The molecule has 180 valence electrons. The molecule has 8 heteroatoms. The van der Waals surface area contributed by atoms with Crippen LogP contribution in [0, 0.1) is 0 Å². The van der Waals surface area contributed by atoms with Crippen molar-refractivity contribution in [2.24, 2.45) is 0 Å². The average molecular weight is 475 g/mol. The largest absolute Gasteiger partial charge is 0.480 e. The minimum Gasteiger partial charge on any atom is -0.480 e.